The van der Waals surface area contributed by atoms with E-state index in [0.717, 1.165) is 22.2 Å². The Hall–Kier alpha value is -2.84. The highest BCUT2D eigenvalue weighted by molar-refractivity contribution is 7.19. The van der Waals surface area contributed by atoms with Crippen LogP contribution in [0.1, 0.15) is 40.5 Å². The molecule has 0 atom stereocenters. The third-order valence-electron chi connectivity index (χ3n) is 4.91. The molecule has 1 N–H and O–H groups in total. The van der Waals surface area contributed by atoms with Crippen LogP contribution in [0.2, 0.25) is 0 Å². The number of amides is 1. The first kappa shape index (κ1) is 17.3. The van der Waals surface area contributed by atoms with Gasteiger partial charge in [0.1, 0.15) is 11.2 Å². The van der Waals surface area contributed by atoms with Crippen molar-refractivity contribution >= 4 is 33.1 Å². The smallest absolute Gasteiger partial charge is 0.291 e. The van der Waals surface area contributed by atoms with Crippen molar-refractivity contribution in [3.8, 4) is 0 Å². The molecule has 7 nitrogen and oxygen atoms in total. The number of nitrogens with zero attached hydrogens (tertiary/aromatic N) is 4. The van der Waals surface area contributed by atoms with E-state index in [4.69, 9.17) is 4.74 Å². The van der Waals surface area contributed by atoms with Gasteiger partial charge < -0.3 is 10.1 Å². The fourth-order valence-electron chi connectivity index (χ4n) is 3.50. The van der Waals surface area contributed by atoms with Crippen molar-refractivity contribution in [1.82, 2.24) is 24.9 Å². The maximum absolute atomic E-state index is 12.6. The number of benzene rings is 1. The standard InChI is InChI=1S/C20H19N5O2S/c1-20(2)8-13-14(10-27-20)28-19-15(13)17-23-16(24-25(17)11-22-19)18(26)21-9-12-6-4-3-5-7-12/h3-7,11H,8-10H2,1-2H3,(H,21,26). The van der Waals surface area contributed by atoms with Gasteiger partial charge in [-0.15, -0.1) is 16.4 Å². The van der Waals surface area contributed by atoms with Crippen LogP contribution in [0.25, 0.3) is 15.9 Å². The summed E-state index contributed by atoms with van der Waals surface area (Å²) >= 11 is 1.62. The normalized spacial score (nSPS) is 15.6. The van der Waals surface area contributed by atoms with Crippen LogP contribution in [0, 0.1) is 0 Å². The molecule has 0 unspecified atom stereocenters. The molecule has 1 amide bonds. The lowest BCUT2D eigenvalue weighted by Gasteiger charge is -2.30. The van der Waals surface area contributed by atoms with Gasteiger partial charge in [0.05, 0.1) is 17.6 Å². The van der Waals surface area contributed by atoms with Gasteiger partial charge in [0, 0.05) is 17.8 Å². The molecule has 1 aliphatic rings. The van der Waals surface area contributed by atoms with E-state index in [1.54, 1.807) is 22.2 Å². The van der Waals surface area contributed by atoms with Crippen LogP contribution in [0.3, 0.4) is 0 Å². The van der Waals surface area contributed by atoms with E-state index in [-0.39, 0.29) is 17.3 Å². The topological polar surface area (TPSA) is 81.4 Å². The average Bonchev–Trinajstić information content (AvgIpc) is 3.27. The molecule has 4 heterocycles. The van der Waals surface area contributed by atoms with E-state index in [2.05, 4.69) is 34.2 Å². The Labute approximate surface area is 165 Å². The Morgan fingerprint density at radius 1 is 1.32 bits per heavy atom. The van der Waals surface area contributed by atoms with Gasteiger partial charge in [0.25, 0.3) is 5.91 Å². The van der Waals surface area contributed by atoms with Crippen molar-refractivity contribution in [3.63, 3.8) is 0 Å². The van der Waals surface area contributed by atoms with Crippen LogP contribution in [0.15, 0.2) is 36.7 Å². The second-order valence-corrected chi connectivity index (χ2v) is 8.61. The van der Waals surface area contributed by atoms with Crippen molar-refractivity contribution in [2.75, 3.05) is 0 Å². The largest absolute Gasteiger partial charge is 0.370 e. The molecule has 1 aliphatic heterocycles. The molecule has 5 rings (SSSR count). The number of nitrogens with one attached hydrogen (secondary N) is 1. The van der Waals surface area contributed by atoms with E-state index < -0.39 is 0 Å². The summed E-state index contributed by atoms with van der Waals surface area (Å²) in [6.45, 7) is 5.18. The first-order valence-electron chi connectivity index (χ1n) is 9.12. The highest BCUT2D eigenvalue weighted by atomic mass is 32.1. The monoisotopic (exact) mass is 393 g/mol. The van der Waals surface area contributed by atoms with E-state index >= 15 is 0 Å². The van der Waals surface area contributed by atoms with Gasteiger partial charge in [-0.25, -0.2) is 14.5 Å². The minimum Gasteiger partial charge on any atom is -0.370 e. The zero-order chi connectivity index (χ0) is 19.3. The highest BCUT2D eigenvalue weighted by Crippen LogP contribution is 2.39. The summed E-state index contributed by atoms with van der Waals surface area (Å²) in [4.78, 5) is 23.7. The second kappa shape index (κ2) is 6.35. The summed E-state index contributed by atoms with van der Waals surface area (Å²) in [6, 6.07) is 9.76. The van der Waals surface area contributed by atoms with Gasteiger partial charge in [0.2, 0.25) is 5.82 Å². The Morgan fingerprint density at radius 3 is 2.96 bits per heavy atom. The van der Waals surface area contributed by atoms with Crippen LogP contribution in [0.4, 0.5) is 0 Å². The summed E-state index contributed by atoms with van der Waals surface area (Å²) in [5, 5.41) is 8.20. The Bertz CT molecular complexity index is 1200. The highest BCUT2D eigenvalue weighted by Gasteiger charge is 2.31. The predicted octanol–water partition coefficient (Wildman–Crippen LogP) is 3.12. The number of hydrogen-bond donors (Lipinski definition) is 1. The first-order chi connectivity index (χ1) is 13.5. The van der Waals surface area contributed by atoms with Crippen molar-refractivity contribution in [3.05, 3.63) is 58.5 Å². The quantitative estimate of drug-likeness (QED) is 0.578. The predicted molar refractivity (Wildman–Crippen MR) is 106 cm³/mol. The maximum Gasteiger partial charge on any atom is 0.291 e. The van der Waals surface area contributed by atoms with Gasteiger partial charge in [-0.2, -0.15) is 0 Å². The number of rotatable bonds is 3. The Morgan fingerprint density at radius 2 is 2.14 bits per heavy atom. The summed E-state index contributed by atoms with van der Waals surface area (Å²) in [5.41, 5.74) is 2.67. The third kappa shape index (κ3) is 2.94. The fraction of sp³-hybridized carbons (Fsp3) is 0.300. The molecule has 142 valence electrons. The van der Waals surface area contributed by atoms with Crippen molar-refractivity contribution < 1.29 is 9.53 Å². The summed E-state index contributed by atoms with van der Waals surface area (Å²) < 4.78 is 7.52. The van der Waals surface area contributed by atoms with E-state index in [9.17, 15) is 4.79 Å². The van der Waals surface area contributed by atoms with Crippen LogP contribution in [0.5, 0.6) is 0 Å². The molecule has 4 aromatic rings. The number of carbonyl (C=O) groups excluding carboxylic acids is 1. The lowest BCUT2D eigenvalue weighted by Crippen LogP contribution is -2.31. The minimum absolute atomic E-state index is 0.150. The number of ether oxygens (including phenoxy) is 1. The number of fused-ring (bicyclic) bond motifs is 5. The SMILES string of the molecule is CC1(C)Cc2c(sc3ncn4nc(C(=O)NCc5ccccc5)nc4c23)CO1. The molecule has 0 saturated heterocycles. The lowest BCUT2D eigenvalue weighted by atomic mass is 9.94. The van der Waals surface area contributed by atoms with Crippen molar-refractivity contribution in [1.29, 1.82) is 0 Å². The van der Waals surface area contributed by atoms with Crippen LogP contribution < -0.4 is 5.32 Å². The zero-order valence-corrected chi connectivity index (χ0v) is 16.4. The molecule has 0 radical (unpaired) electrons. The molecule has 8 heteroatoms. The van der Waals surface area contributed by atoms with E-state index in [0.29, 0.717) is 18.8 Å². The second-order valence-electron chi connectivity index (χ2n) is 7.53. The minimum atomic E-state index is -0.298. The molecule has 3 aromatic heterocycles. The number of carbonyl (C=O) groups is 1. The lowest BCUT2D eigenvalue weighted by molar-refractivity contribution is -0.0379. The summed E-state index contributed by atoms with van der Waals surface area (Å²) in [6.07, 6.45) is 2.40. The van der Waals surface area contributed by atoms with Crippen LogP contribution in [-0.4, -0.2) is 31.1 Å². The molecule has 0 spiro atoms. The molecule has 28 heavy (non-hydrogen) atoms. The van der Waals surface area contributed by atoms with Crippen LogP contribution >= 0.6 is 11.3 Å². The van der Waals surface area contributed by atoms with Gasteiger partial charge in [-0.3, -0.25) is 4.79 Å². The van der Waals surface area contributed by atoms with Crippen molar-refractivity contribution in [2.45, 2.75) is 39.0 Å². The van der Waals surface area contributed by atoms with Crippen LogP contribution in [-0.2, 0) is 24.3 Å². The molecular formula is C20H19N5O2S. The maximum atomic E-state index is 12.6. The van der Waals surface area contributed by atoms with Gasteiger partial charge >= 0.3 is 0 Å². The molecule has 0 aliphatic carbocycles. The first-order valence-corrected chi connectivity index (χ1v) is 9.93. The summed E-state index contributed by atoms with van der Waals surface area (Å²) in [7, 11) is 0. The Kier molecular flexibility index (Phi) is 3.92. The molecule has 1 aromatic carbocycles. The zero-order valence-electron chi connectivity index (χ0n) is 15.6. The molecule has 0 fully saturated rings. The number of aromatic nitrogens is 4. The van der Waals surface area contributed by atoms with Crippen molar-refractivity contribution in [2.24, 2.45) is 0 Å². The third-order valence-corrected chi connectivity index (χ3v) is 6.02. The number of thiophene rings is 1. The van der Waals surface area contributed by atoms with E-state index in [1.807, 2.05) is 30.3 Å². The number of hydrogen-bond acceptors (Lipinski definition) is 6. The molecular weight excluding hydrogens is 374 g/mol. The molecule has 0 saturated carbocycles. The fourth-order valence-corrected chi connectivity index (χ4v) is 4.56. The average molecular weight is 393 g/mol. The van der Waals surface area contributed by atoms with Gasteiger partial charge in [0.15, 0.2) is 5.65 Å². The van der Waals surface area contributed by atoms with E-state index in [1.165, 1.54) is 10.4 Å². The van der Waals surface area contributed by atoms with Gasteiger partial charge in [-0.1, -0.05) is 30.3 Å². The summed E-state index contributed by atoms with van der Waals surface area (Å²) in [5.74, 6) is -0.148. The molecule has 0 bridgehead atoms. The Balaban J connectivity index is 1.51. The van der Waals surface area contributed by atoms with Gasteiger partial charge in [-0.05, 0) is 25.0 Å².